The molecular formula is C18H24N4OS2. The predicted octanol–water partition coefficient (Wildman–Crippen LogP) is 3.94. The number of nitrogens with zero attached hydrogens (tertiary/aromatic N) is 3. The molecule has 0 bridgehead atoms. The number of aryl methyl sites for hydroxylation is 1. The van der Waals surface area contributed by atoms with Crippen molar-refractivity contribution in [2.75, 3.05) is 12.8 Å². The highest BCUT2D eigenvalue weighted by Crippen LogP contribution is 2.33. The maximum Gasteiger partial charge on any atom is 0.243 e. The minimum Gasteiger partial charge on any atom is -0.353 e. The average molecular weight is 377 g/mol. The number of thiophene rings is 1. The van der Waals surface area contributed by atoms with Gasteiger partial charge in [-0.2, -0.15) is 11.3 Å². The van der Waals surface area contributed by atoms with Crippen LogP contribution in [0.2, 0.25) is 0 Å². The van der Waals surface area contributed by atoms with Crippen LogP contribution in [0, 0.1) is 0 Å². The molecule has 1 amide bonds. The third-order valence-corrected chi connectivity index (χ3v) is 5.80. The van der Waals surface area contributed by atoms with Crippen molar-refractivity contribution in [3.8, 4) is 0 Å². The van der Waals surface area contributed by atoms with Crippen molar-refractivity contribution in [1.82, 2.24) is 20.1 Å². The minimum atomic E-state index is -0.0479. The van der Waals surface area contributed by atoms with E-state index >= 15 is 0 Å². The first-order valence-corrected chi connectivity index (χ1v) is 10.9. The smallest absolute Gasteiger partial charge is 0.243 e. The number of hydrogen-bond acceptors (Lipinski definition) is 5. The van der Waals surface area contributed by atoms with Crippen LogP contribution in [-0.4, -0.2) is 33.5 Å². The maximum atomic E-state index is 11.8. The summed E-state index contributed by atoms with van der Waals surface area (Å²) in [7, 11) is 0. The lowest BCUT2D eigenvalue weighted by Gasteiger charge is -2.16. The number of thioether (sulfide) groups is 1. The van der Waals surface area contributed by atoms with Gasteiger partial charge >= 0.3 is 0 Å². The SMILES string of the molecule is CSc1nnc(CCCNC(=O)/C=C/c2ccsc2)n1C1CCCC1. The van der Waals surface area contributed by atoms with E-state index in [9.17, 15) is 4.79 Å². The second-order valence-corrected chi connectivity index (χ2v) is 7.75. The second kappa shape index (κ2) is 9.20. The molecule has 0 radical (unpaired) electrons. The zero-order valence-electron chi connectivity index (χ0n) is 14.5. The highest BCUT2D eigenvalue weighted by atomic mass is 32.2. The number of aromatic nitrogens is 3. The number of carbonyl (C=O) groups excluding carboxylic acids is 1. The molecule has 3 rings (SSSR count). The van der Waals surface area contributed by atoms with Gasteiger partial charge in [0.05, 0.1) is 0 Å². The summed E-state index contributed by atoms with van der Waals surface area (Å²) in [6, 6.07) is 2.55. The first-order valence-electron chi connectivity index (χ1n) is 8.74. The predicted molar refractivity (Wildman–Crippen MR) is 104 cm³/mol. The van der Waals surface area contributed by atoms with E-state index in [1.54, 1.807) is 29.2 Å². The Morgan fingerprint density at radius 2 is 2.28 bits per heavy atom. The summed E-state index contributed by atoms with van der Waals surface area (Å²) >= 11 is 3.29. The number of carbonyl (C=O) groups is 1. The molecule has 5 nitrogen and oxygen atoms in total. The first kappa shape index (κ1) is 18.2. The average Bonchev–Trinajstić information content (AvgIpc) is 3.38. The number of hydrogen-bond donors (Lipinski definition) is 1. The van der Waals surface area contributed by atoms with Crippen molar-refractivity contribution in [2.45, 2.75) is 49.7 Å². The lowest BCUT2D eigenvalue weighted by atomic mass is 10.2. The van der Waals surface area contributed by atoms with Crippen LogP contribution in [0.15, 0.2) is 28.1 Å². The van der Waals surface area contributed by atoms with Crippen LogP contribution in [0.25, 0.3) is 6.08 Å². The molecule has 0 aliphatic heterocycles. The lowest BCUT2D eigenvalue weighted by Crippen LogP contribution is -2.23. The Morgan fingerprint density at radius 3 is 3.00 bits per heavy atom. The molecule has 1 N–H and O–H groups in total. The first-order chi connectivity index (χ1) is 12.3. The molecule has 0 spiro atoms. The van der Waals surface area contributed by atoms with Crippen LogP contribution in [0.5, 0.6) is 0 Å². The van der Waals surface area contributed by atoms with E-state index in [0.29, 0.717) is 12.6 Å². The van der Waals surface area contributed by atoms with Crippen molar-refractivity contribution in [3.05, 3.63) is 34.3 Å². The Kier molecular flexibility index (Phi) is 6.69. The largest absolute Gasteiger partial charge is 0.353 e. The summed E-state index contributed by atoms with van der Waals surface area (Å²) in [5.41, 5.74) is 1.06. The Labute approximate surface area is 156 Å². The normalized spacial score (nSPS) is 15.2. The van der Waals surface area contributed by atoms with E-state index in [-0.39, 0.29) is 5.91 Å². The standard InChI is InChI=1S/C18H24N4OS2/c1-24-18-21-20-16(22(18)15-5-2-3-6-15)7-4-11-19-17(23)9-8-14-10-12-25-13-14/h8-10,12-13,15H,2-7,11H2,1H3,(H,19,23)/b9-8+. The molecule has 0 unspecified atom stereocenters. The van der Waals surface area contributed by atoms with Gasteiger partial charge in [-0.05, 0) is 54.0 Å². The summed E-state index contributed by atoms with van der Waals surface area (Å²) in [5, 5.41) is 16.7. The van der Waals surface area contributed by atoms with Gasteiger partial charge in [0.2, 0.25) is 5.91 Å². The van der Waals surface area contributed by atoms with E-state index in [0.717, 1.165) is 29.4 Å². The molecule has 0 atom stereocenters. The summed E-state index contributed by atoms with van der Waals surface area (Å²) in [4.78, 5) is 11.8. The van der Waals surface area contributed by atoms with Crippen molar-refractivity contribution in [2.24, 2.45) is 0 Å². The molecule has 1 aliphatic rings. The molecule has 2 heterocycles. The van der Waals surface area contributed by atoms with Crippen LogP contribution in [0.1, 0.15) is 49.5 Å². The fourth-order valence-corrected chi connectivity index (χ4v) is 4.41. The van der Waals surface area contributed by atoms with Gasteiger partial charge in [0, 0.05) is 25.1 Å². The summed E-state index contributed by atoms with van der Waals surface area (Å²) < 4.78 is 2.33. The molecule has 0 aromatic carbocycles. The van der Waals surface area contributed by atoms with Gasteiger partial charge in [-0.1, -0.05) is 24.6 Å². The zero-order valence-corrected chi connectivity index (χ0v) is 16.1. The highest BCUT2D eigenvalue weighted by Gasteiger charge is 2.23. The van der Waals surface area contributed by atoms with Crippen molar-refractivity contribution >= 4 is 35.1 Å². The van der Waals surface area contributed by atoms with E-state index in [1.165, 1.54) is 25.7 Å². The summed E-state index contributed by atoms with van der Waals surface area (Å²) in [6.45, 7) is 0.652. The van der Waals surface area contributed by atoms with Gasteiger partial charge in [-0.25, -0.2) is 0 Å². The molecule has 1 saturated carbocycles. The van der Waals surface area contributed by atoms with Crippen LogP contribution >= 0.6 is 23.1 Å². The van der Waals surface area contributed by atoms with Crippen LogP contribution in [-0.2, 0) is 11.2 Å². The monoisotopic (exact) mass is 376 g/mol. The van der Waals surface area contributed by atoms with Crippen LogP contribution in [0.4, 0.5) is 0 Å². The number of nitrogens with one attached hydrogen (secondary N) is 1. The Morgan fingerprint density at radius 1 is 1.44 bits per heavy atom. The van der Waals surface area contributed by atoms with E-state index < -0.39 is 0 Å². The van der Waals surface area contributed by atoms with Gasteiger partial charge < -0.3 is 9.88 Å². The van der Waals surface area contributed by atoms with Gasteiger partial charge in [0.15, 0.2) is 5.16 Å². The van der Waals surface area contributed by atoms with Crippen LogP contribution in [0.3, 0.4) is 0 Å². The summed E-state index contributed by atoms with van der Waals surface area (Å²) in [6.07, 6.45) is 12.2. The molecule has 2 aromatic rings. The molecule has 1 aliphatic carbocycles. The van der Waals surface area contributed by atoms with Gasteiger partial charge in [-0.3, -0.25) is 4.79 Å². The van der Waals surface area contributed by atoms with Gasteiger partial charge in [-0.15, -0.1) is 10.2 Å². The van der Waals surface area contributed by atoms with E-state index in [4.69, 9.17) is 0 Å². The maximum absolute atomic E-state index is 11.8. The minimum absolute atomic E-state index is 0.0479. The molecule has 7 heteroatoms. The fraction of sp³-hybridized carbons (Fsp3) is 0.500. The molecule has 0 saturated heterocycles. The van der Waals surface area contributed by atoms with Gasteiger partial charge in [0.25, 0.3) is 0 Å². The Bertz CT molecular complexity index is 703. The van der Waals surface area contributed by atoms with Crippen molar-refractivity contribution in [3.63, 3.8) is 0 Å². The second-order valence-electron chi connectivity index (χ2n) is 6.20. The number of amides is 1. The molecule has 1 fully saturated rings. The molecule has 134 valence electrons. The Balaban J connectivity index is 1.47. The van der Waals surface area contributed by atoms with E-state index in [2.05, 4.69) is 26.3 Å². The van der Waals surface area contributed by atoms with E-state index in [1.807, 2.05) is 22.9 Å². The van der Waals surface area contributed by atoms with Crippen molar-refractivity contribution in [1.29, 1.82) is 0 Å². The quantitative estimate of drug-likeness (QED) is 0.431. The molecular weight excluding hydrogens is 352 g/mol. The lowest BCUT2D eigenvalue weighted by molar-refractivity contribution is -0.116. The zero-order chi connectivity index (χ0) is 17.5. The highest BCUT2D eigenvalue weighted by molar-refractivity contribution is 7.98. The Hall–Kier alpha value is -1.60. The molecule has 2 aromatic heterocycles. The number of rotatable bonds is 8. The summed E-state index contributed by atoms with van der Waals surface area (Å²) in [5.74, 6) is 1.01. The van der Waals surface area contributed by atoms with Crippen molar-refractivity contribution < 1.29 is 4.79 Å². The topological polar surface area (TPSA) is 59.8 Å². The fourth-order valence-electron chi connectivity index (χ4n) is 3.21. The third-order valence-electron chi connectivity index (χ3n) is 4.45. The molecule has 25 heavy (non-hydrogen) atoms. The van der Waals surface area contributed by atoms with Gasteiger partial charge in [0.1, 0.15) is 5.82 Å². The van der Waals surface area contributed by atoms with Crippen LogP contribution < -0.4 is 5.32 Å². The third kappa shape index (κ3) is 4.95.